The molecule has 146 valence electrons. The number of aryl methyl sites for hydroxylation is 1. The molecule has 0 bridgehead atoms. The molecular weight excluding hydrogens is 368 g/mol. The predicted molar refractivity (Wildman–Crippen MR) is 99.4 cm³/mol. The van der Waals surface area contributed by atoms with Gasteiger partial charge in [-0.2, -0.15) is 0 Å². The van der Waals surface area contributed by atoms with Gasteiger partial charge in [-0.3, -0.25) is 9.59 Å². The number of ether oxygens (including phenoxy) is 1. The number of nitrogens with zero attached hydrogens (tertiary/aromatic N) is 2. The molecule has 8 heteroatoms. The minimum atomic E-state index is -3.28. The van der Waals surface area contributed by atoms with Crippen LogP contribution in [0.4, 0.5) is 0 Å². The fourth-order valence-electron chi connectivity index (χ4n) is 4.20. The molecule has 2 heterocycles. The molecular formula is C19H24N2O5S. The normalized spacial score (nSPS) is 26.6. The van der Waals surface area contributed by atoms with Gasteiger partial charge in [-0.1, -0.05) is 0 Å². The van der Waals surface area contributed by atoms with E-state index in [0.29, 0.717) is 24.4 Å². The van der Waals surface area contributed by atoms with Crippen molar-refractivity contribution in [1.29, 1.82) is 0 Å². The van der Waals surface area contributed by atoms with Crippen molar-refractivity contribution in [2.45, 2.75) is 31.8 Å². The predicted octanol–water partition coefficient (Wildman–Crippen LogP) is 0.864. The Bertz CT molecular complexity index is 893. The first-order valence-electron chi connectivity index (χ1n) is 9.27. The number of benzene rings is 1. The van der Waals surface area contributed by atoms with Gasteiger partial charge in [-0.05, 0) is 43.5 Å². The summed E-state index contributed by atoms with van der Waals surface area (Å²) in [5.41, 5.74) is 1.33. The number of carbonyl (C=O) groups excluding carboxylic acids is 2. The van der Waals surface area contributed by atoms with Gasteiger partial charge in [0.2, 0.25) is 5.91 Å². The second-order valence-corrected chi connectivity index (χ2v) is 9.85. The fraction of sp³-hybridized carbons (Fsp3) is 0.579. The van der Waals surface area contributed by atoms with Gasteiger partial charge < -0.3 is 14.5 Å². The van der Waals surface area contributed by atoms with Crippen LogP contribution in [-0.2, 0) is 14.6 Å². The third-order valence-corrected chi connectivity index (χ3v) is 7.51. The van der Waals surface area contributed by atoms with E-state index in [0.717, 1.165) is 18.4 Å². The van der Waals surface area contributed by atoms with Crippen LogP contribution >= 0.6 is 0 Å². The first-order chi connectivity index (χ1) is 12.8. The molecule has 3 aliphatic rings. The van der Waals surface area contributed by atoms with Gasteiger partial charge in [0.05, 0.1) is 30.7 Å². The van der Waals surface area contributed by atoms with Crippen LogP contribution in [0, 0.1) is 12.8 Å². The monoisotopic (exact) mass is 392 g/mol. The van der Waals surface area contributed by atoms with E-state index in [1.807, 2.05) is 6.92 Å². The summed E-state index contributed by atoms with van der Waals surface area (Å²) in [5, 5.41) is 0. The molecule has 2 saturated heterocycles. The Morgan fingerprint density at radius 3 is 2.30 bits per heavy atom. The van der Waals surface area contributed by atoms with E-state index in [1.165, 1.54) is 0 Å². The first-order valence-corrected chi connectivity index (χ1v) is 11.1. The Labute approximate surface area is 159 Å². The zero-order valence-electron chi connectivity index (χ0n) is 15.6. The lowest BCUT2D eigenvalue weighted by molar-refractivity contribution is -0.137. The van der Waals surface area contributed by atoms with Crippen molar-refractivity contribution < 1.29 is 22.7 Å². The molecule has 0 aromatic heterocycles. The van der Waals surface area contributed by atoms with Gasteiger partial charge in [-0.15, -0.1) is 0 Å². The number of amides is 2. The van der Waals surface area contributed by atoms with Crippen LogP contribution in [0.3, 0.4) is 0 Å². The van der Waals surface area contributed by atoms with Crippen LogP contribution < -0.4 is 4.74 Å². The van der Waals surface area contributed by atoms with Crippen molar-refractivity contribution in [3.8, 4) is 5.75 Å². The maximum absolute atomic E-state index is 13.2. The van der Waals surface area contributed by atoms with Gasteiger partial charge in [0.1, 0.15) is 5.75 Å². The lowest BCUT2D eigenvalue weighted by atomic mass is 10.0. The van der Waals surface area contributed by atoms with Gasteiger partial charge in [-0.25, -0.2) is 8.42 Å². The highest BCUT2D eigenvalue weighted by atomic mass is 32.2. The molecule has 1 aliphatic carbocycles. The van der Waals surface area contributed by atoms with Crippen LogP contribution in [0.2, 0.25) is 0 Å². The van der Waals surface area contributed by atoms with E-state index in [1.54, 1.807) is 35.1 Å². The minimum Gasteiger partial charge on any atom is -0.497 e. The van der Waals surface area contributed by atoms with E-state index < -0.39 is 21.9 Å². The number of piperazine rings is 1. The standard InChI is InChI=1S/C19H24N2O5S/c1-12-9-14(26-2)5-6-15(12)19(23)21-8-7-20(18(22)13-3-4-13)16-10-27(24,25)11-17(16)21/h5-6,9,13,16-17H,3-4,7-8,10-11H2,1-2H3/t16-,17+/m1/s1. The lowest BCUT2D eigenvalue weighted by Gasteiger charge is -2.44. The van der Waals surface area contributed by atoms with E-state index in [2.05, 4.69) is 0 Å². The van der Waals surface area contributed by atoms with E-state index >= 15 is 0 Å². The smallest absolute Gasteiger partial charge is 0.254 e. The average Bonchev–Trinajstić information content (AvgIpc) is 3.41. The van der Waals surface area contributed by atoms with Crippen LogP contribution in [0.25, 0.3) is 0 Å². The molecule has 1 aromatic rings. The molecule has 2 atom stereocenters. The van der Waals surface area contributed by atoms with Crippen LogP contribution in [0.1, 0.15) is 28.8 Å². The molecule has 2 aliphatic heterocycles. The maximum Gasteiger partial charge on any atom is 0.254 e. The molecule has 4 rings (SSSR count). The minimum absolute atomic E-state index is 0.0417. The van der Waals surface area contributed by atoms with Crippen LogP contribution in [0.5, 0.6) is 5.75 Å². The summed E-state index contributed by atoms with van der Waals surface area (Å²) in [4.78, 5) is 29.2. The molecule has 1 saturated carbocycles. The van der Waals surface area contributed by atoms with Gasteiger partial charge >= 0.3 is 0 Å². The third-order valence-electron chi connectivity index (χ3n) is 5.81. The summed E-state index contributed by atoms with van der Waals surface area (Å²) in [6, 6.07) is 4.34. The molecule has 27 heavy (non-hydrogen) atoms. The van der Waals surface area contributed by atoms with Crippen LogP contribution in [0.15, 0.2) is 18.2 Å². The molecule has 0 N–H and O–H groups in total. The SMILES string of the molecule is COc1ccc(C(=O)N2CCN(C(=O)C3CC3)[C@@H]3CS(=O)(=O)C[C@@H]32)c(C)c1. The van der Waals surface area contributed by atoms with Crippen molar-refractivity contribution in [2.75, 3.05) is 31.7 Å². The number of sulfone groups is 1. The number of methoxy groups -OCH3 is 1. The number of carbonyl (C=O) groups is 2. The van der Waals surface area contributed by atoms with E-state index in [9.17, 15) is 18.0 Å². The molecule has 1 aromatic carbocycles. The largest absolute Gasteiger partial charge is 0.497 e. The van der Waals surface area contributed by atoms with E-state index in [4.69, 9.17) is 4.74 Å². The van der Waals surface area contributed by atoms with Crippen molar-refractivity contribution in [2.24, 2.45) is 5.92 Å². The number of rotatable bonds is 3. The summed E-state index contributed by atoms with van der Waals surface area (Å²) in [6.45, 7) is 2.60. The van der Waals surface area contributed by atoms with Crippen molar-refractivity contribution in [3.63, 3.8) is 0 Å². The molecule has 3 fully saturated rings. The highest BCUT2D eigenvalue weighted by molar-refractivity contribution is 7.91. The Morgan fingerprint density at radius 1 is 1.07 bits per heavy atom. The van der Waals surface area contributed by atoms with Crippen molar-refractivity contribution >= 4 is 21.7 Å². The van der Waals surface area contributed by atoms with Crippen molar-refractivity contribution in [1.82, 2.24) is 9.80 Å². The zero-order chi connectivity index (χ0) is 19.3. The number of hydrogen-bond acceptors (Lipinski definition) is 5. The average molecular weight is 392 g/mol. The zero-order valence-corrected chi connectivity index (χ0v) is 16.4. The number of hydrogen-bond donors (Lipinski definition) is 0. The summed E-state index contributed by atoms with van der Waals surface area (Å²) < 4.78 is 29.8. The van der Waals surface area contributed by atoms with E-state index in [-0.39, 0.29) is 29.2 Å². The molecule has 0 spiro atoms. The summed E-state index contributed by atoms with van der Waals surface area (Å²) in [5.74, 6) is 0.454. The van der Waals surface area contributed by atoms with Gasteiger partial charge in [0.25, 0.3) is 5.91 Å². The number of fused-ring (bicyclic) bond motifs is 1. The summed E-state index contributed by atoms with van der Waals surface area (Å²) in [6.07, 6.45) is 1.76. The van der Waals surface area contributed by atoms with Crippen LogP contribution in [-0.4, -0.2) is 73.8 Å². The Balaban J connectivity index is 1.62. The quantitative estimate of drug-likeness (QED) is 0.762. The second kappa shape index (κ2) is 6.51. The maximum atomic E-state index is 13.2. The molecule has 0 unspecified atom stereocenters. The summed E-state index contributed by atoms with van der Waals surface area (Å²) in [7, 11) is -1.71. The molecule has 7 nitrogen and oxygen atoms in total. The van der Waals surface area contributed by atoms with Gasteiger partial charge in [0.15, 0.2) is 9.84 Å². The topological polar surface area (TPSA) is 84.0 Å². The Morgan fingerprint density at radius 2 is 1.70 bits per heavy atom. The highest BCUT2D eigenvalue weighted by Crippen LogP contribution is 2.35. The second-order valence-electron chi connectivity index (χ2n) is 7.70. The fourth-order valence-corrected chi connectivity index (χ4v) is 6.18. The molecule has 2 amide bonds. The molecule has 0 radical (unpaired) electrons. The highest BCUT2D eigenvalue weighted by Gasteiger charge is 2.51. The summed E-state index contributed by atoms with van der Waals surface area (Å²) >= 11 is 0. The van der Waals surface area contributed by atoms with Gasteiger partial charge in [0, 0.05) is 24.6 Å². The third kappa shape index (κ3) is 3.31. The lowest BCUT2D eigenvalue weighted by Crippen LogP contribution is -2.62. The first kappa shape index (κ1) is 18.3. The van der Waals surface area contributed by atoms with Crippen molar-refractivity contribution in [3.05, 3.63) is 29.3 Å². The Kier molecular flexibility index (Phi) is 4.41. The Hall–Kier alpha value is -2.09.